The summed E-state index contributed by atoms with van der Waals surface area (Å²) < 4.78 is 0. The summed E-state index contributed by atoms with van der Waals surface area (Å²) in [6, 6.07) is 7.09. The molecular weight excluding hydrogens is 254 g/mol. The maximum Gasteiger partial charge on any atom is 0.269 e. The van der Waals surface area contributed by atoms with Crippen molar-refractivity contribution in [2.75, 3.05) is 25.0 Å². The summed E-state index contributed by atoms with van der Waals surface area (Å²) in [5.41, 5.74) is 1.07. The van der Waals surface area contributed by atoms with Crippen LogP contribution in [0.25, 0.3) is 0 Å². The lowest BCUT2D eigenvalue weighted by molar-refractivity contribution is -0.384. The third-order valence-electron chi connectivity index (χ3n) is 3.99. The van der Waals surface area contributed by atoms with Gasteiger partial charge in [0.1, 0.15) is 0 Å². The topological polar surface area (TPSA) is 58.4 Å². The number of likely N-dealkylation sites (tertiary alicyclic amines) is 1. The molecule has 0 saturated carbocycles. The van der Waals surface area contributed by atoms with Gasteiger partial charge in [0.25, 0.3) is 5.69 Å². The Balaban J connectivity index is 1.83. The Kier molecular flexibility index (Phi) is 4.95. The van der Waals surface area contributed by atoms with Gasteiger partial charge in [0.05, 0.1) is 4.92 Å². The van der Waals surface area contributed by atoms with Gasteiger partial charge < -0.3 is 5.32 Å². The second-order valence-corrected chi connectivity index (χ2v) is 5.78. The van der Waals surface area contributed by atoms with Crippen molar-refractivity contribution in [3.63, 3.8) is 0 Å². The molecule has 2 unspecified atom stereocenters. The molecule has 5 heteroatoms. The minimum Gasteiger partial charge on any atom is -0.383 e. The van der Waals surface area contributed by atoms with Crippen LogP contribution in [0, 0.1) is 16.0 Å². The number of benzene rings is 1. The molecule has 0 aromatic heterocycles. The summed E-state index contributed by atoms with van der Waals surface area (Å²) in [5, 5.41) is 14.0. The standard InChI is InChI=1S/C15H23N3O2/c1-12-4-3-9-17(11-12)13(2)10-16-14-5-7-15(8-6-14)18(19)20/h5-8,12-13,16H,3-4,9-11H2,1-2H3. The van der Waals surface area contributed by atoms with E-state index in [2.05, 4.69) is 24.1 Å². The Hall–Kier alpha value is -1.62. The van der Waals surface area contributed by atoms with E-state index in [-0.39, 0.29) is 10.6 Å². The minimum absolute atomic E-state index is 0.133. The highest BCUT2D eigenvalue weighted by molar-refractivity contribution is 5.48. The summed E-state index contributed by atoms with van der Waals surface area (Å²) in [6.45, 7) is 7.75. The van der Waals surface area contributed by atoms with E-state index in [0.29, 0.717) is 6.04 Å². The van der Waals surface area contributed by atoms with Crippen molar-refractivity contribution in [3.8, 4) is 0 Å². The fourth-order valence-electron chi connectivity index (χ4n) is 2.72. The lowest BCUT2D eigenvalue weighted by Crippen LogP contribution is -2.43. The predicted octanol–water partition coefficient (Wildman–Crippen LogP) is 3.13. The van der Waals surface area contributed by atoms with Gasteiger partial charge in [0, 0.05) is 37.0 Å². The first kappa shape index (κ1) is 14.8. The molecule has 1 aromatic carbocycles. The Morgan fingerprint density at radius 3 is 2.75 bits per heavy atom. The van der Waals surface area contributed by atoms with Crippen LogP contribution in [0.4, 0.5) is 11.4 Å². The van der Waals surface area contributed by atoms with Crippen molar-refractivity contribution in [2.45, 2.75) is 32.7 Å². The molecule has 1 aliphatic heterocycles. The summed E-state index contributed by atoms with van der Waals surface area (Å²) in [5.74, 6) is 0.783. The first-order valence-corrected chi connectivity index (χ1v) is 7.28. The Morgan fingerprint density at radius 1 is 1.45 bits per heavy atom. The van der Waals surface area contributed by atoms with Crippen molar-refractivity contribution in [2.24, 2.45) is 5.92 Å². The van der Waals surface area contributed by atoms with Crippen molar-refractivity contribution < 1.29 is 4.92 Å². The summed E-state index contributed by atoms with van der Waals surface area (Å²) in [6.07, 6.45) is 2.61. The monoisotopic (exact) mass is 277 g/mol. The largest absolute Gasteiger partial charge is 0.383 e. The van der Waals surface area contributed by atoms with Gasteiger partial charge in [0.15, 0.2) is 0 Å². The van der Waals surface area contributed by atoms with Crippen LogP contribution in [0.2, 0.25) is 0 Å². The van der Waals surface area contributed by atoms with Crippen LogP contribution < -0.4 is 5.32 Å². The third kappa shape index (κ3) is 3.93. The zero-order valence-corrected chi connectivity index (χ0v) is 12.2. The van der Waals surface area contributed by atoms with E-state index in [1.807, 2.05) is 0 Å². The summed E-state index contributed by atoms with van der Waals surface area (Å²) in [7, 11) is 0. The number of anilines is 1. The number of nitro benzene ring substituents is 1. The van der Waals surface area contributed by atoms with Gasteiger partial charge in [-0.3, -0.25) is 15.0 Å². The van der Waals surface area contributed by atoms with E-state index in [1.54, 1.807) is 12.1 Å². The Morgan fingerprint density at radius 2 is 2.15 bits per heavy atom. The van der Waals surface area contributed by atoms with E-state index in [1.165, 1.54) is 38.1 Å². The number of nitrogens with one attached hydrogen (secondary N) is 1. The van der Waals surface area contributed by atoms with Gasteiger partial charge in [-0.15, -0.1) is 0 Å². The van der Waals surface area contributed by atoms with Gasteiger partial charge in [-0.25, -0.2) is 0 Å². The van der Waals surface area contributed by atoms with Gasteiger partial charge in [-0.2, -0.15) is 0 Å². The van der Waals surface area contributed by atoms with E-state index in [4.69, 9.17) is 0 Å². The highest BCUT2D eigenvalue weighted by Crippen LogP contribution is 2.19. The third-order valence-corrected chi connectivity index (χ3v) is 3.99. The van der Waals surface area contributed by atoms with E-state index in [0.717, 1.165) is 18.2 Å². The molecule has 5 nitrogen and oxygen atoms in total. The van der Waals surface area contributed by atoms with E-state index >= 15 is 0 Å². The zero-order chi connectivity index (χ0) is 14.5. The average molecular weight is 277 g/mol. The van der Waals surface area contributed by atoms with Gasteiger partial charge in [-0.05, 0) is 44.4 Å². The molecule has 1 fully saturated rings. The molecule has 0 bridgehead atoms. The number of piperidine rings is 1. The van der Waals surface area contributed by atoms with Crippen LogP contribution in [-0.4, -0.2) is 35.5 Å². The normalized spacial score (nSPS) is 21.4. The van der Waals surface area contributed by atoms with Crippen molar-refractivity contribution in [3.05, 3.63) is 34.4 Å². The molecule has 1 aliphatic rings. The fourth-order valence-corrected chi connectivity index (χ4v) is 2.72. The fraction of sp³-hybridized carbons (Fsp3) is 0.600. The molecule has 2 rings (SSSR count). The molecule has 0 amide bonds. The van der Waals surface area contributed by atoms with E-state index in [9.17, 15) is 10.1 Å². The molecule has 110 valence electrons. The molecule has 0 aliphatic carbocycles. The molecule has 1 heterocycles. The lowest BCUT2D eigenvalue weighted by Gasteiger charge is -2.35. The maximum absolute atomic E-state index is 10.6. The molecule has 0 radical (unpaired) electrons. The first-order valence-electron chi connectivity index (χ1n) is 7.28. The molecule has 20 heavy (non-hydrogen) atoms. The first-order chi connectivity index (χ1) is 9.56. The number of nitro groups is 1. The molecule has 1 N–H and O–H groups in total. The van der Waals surface area contributed by atoms with Gasteiger partial charge in [-0.1, -0.05) is 6.92 Å². The second kappa shape index (κ2) is 6.70. The minimum atomic E-state index is -0.373. The van der Waals surface area contributed by atoms with Crippen LogP contribution >= 0.6 is 0 Å². The number of non-ortho nitro benzene ring substituents is 1. The van der Waals surface area contributed by atoms with Gasteiger partial charge in [0.2, 0.25) is 0 Å². The second-order valence-electron chi connectivity index (χ2n) is 5.78. The highest BCUT2D eigenvalue weighted by Gasteiger charge is 2.20. The van der Waals surface area contributed by atoms with Gasteiger partial charge >= 0.3 is 0 Å². The molecule has 0 spiro atoms. The maximum atomic E-state index is 10.6. The summed E-state index contributed by atoms with van der Waals surface area (Å²) >= 11 is 0. The summed E-state index contributed by atoms with van der Waals surface area (Å²) in [4.78, 5) is 12.7. The number of hydrogen-bond donors (Lipinski definition) is 1. The average Bonchev–Trinajstić information content (AvgIpc) is 2.45. The highest BCUT2D eigenvalue weighted by atomic mass is 16.6. The predicted molar refractivity (Wildman–Crippen MR) is 81.0 cm³/mol. The molecule has 1 saturated heterocycles. The van der Waals surface area contributed by atoms with Crippen LogP contribution in [0.1, 0.15) is 26.7 Å². The Bertz CT molecular complexity index is 447. The lowest BCUT2D eigenvalue weighted by atomic mass is 9.99. The number of rotatable bonds is 5. The quantitative estimate of drug-likeness (QED) is 0.663. The molecule has 1 aromatic rings. The number of hydrogen-bond acceptors (Lipinski definition) is 4. The zero-order valence-electron chi connectivity index (χ0n) is 12.2. The smallest absolute Gasteiger partial charge is 0.269 e. The van der Waals surface area contributed by atoms with E-state index < -0.39 is 0 Å². The van der Waals surface area contributed by atoms with Crippen molar-refractivity contribution in [1.82, 2.24) is 4.90 Å². The molecular formula is C15H23N3O2. The van der Waals surface area contributed by atoms with Crippen molar-refractivity contribution >= 4 is 11.4 Å². The van der Waals surface area contributed by atoms with Crippen LogP contribution in [0.3, 0.4) is 0 Å². The Labute approximate surface area is 120 Å². The van der Waals surface area contributed by atoms with Crippen LogP contribution in [0.15, 0.2) is 24.3 Å². The number of nitrogens with zero attached hydrogens (tertiary/aromatic N) is 2. The van der Waals surface area contributed by atoms with Crippen LogP contribution in [0.5, 0.6) is 0 Å². The SMILES string of the molecule is CC1CCCN(C(C)CNc2ccc([N+](=O)[O-])cc2)C1. The van der Waals surface area contributed by atoms with Crippen LogP contribution in [-0.2, 0) is 0 Å². The van der Waals surface area contributed by atoms with Crippen molar-refractivity contribution in [1.29, 1.82) is 0 Å². The molecule has 2 atom stereocenters.